The summed E-state index contributed by atoms with van der Waals surface area (Å²) in [6.45, 7) is 3.92. The molecule has 0 aliphatic carbocycles. The minimum Gasteiger partial charge on any atom is -0.481 e. The fourth-order valence-corrected chi connectivity index (χ4v) is 1.56. The van der Waals surface area contributed by atoms with Crippen LogP contribution in [0.4, 0.5) is 0 Å². The number of nitrogens with zero attached hydrogens (tertiary/aromatic N) is 1. The average molecular weight is 196 g/mol. The Bertz CT molecular complexity index is 355. The van der Waals surface area contributed by atoms with E-state index in [1.54, 1.807) is 0 Å². The second-order valence-corrected chi connectivity index (χ2v) is 3.59. The lowest BCUT2D eigenvalue weighted by molar-refractivity contribution is -0.137. The van der Waals surface area contributed by atoms with Crippen molar-refractivity contribution in [2.45, 2.75) is 26.3 Å². The van der Waals surface area contributed by atoms with Gasteiger partial charge in [-0.3, -0.25) is 4.79 Å². The molecule has 1 unspecified atom stereocenters. The molecule has 4 nitrogen and oxygen atoms in total. The Morgan fingerprint density at radius 3 is 2.57 bits per heavy atom. The first-order valence-electron chi connectivity index (χ1n) is 4.53. The van der Waals surface area contributed by atoms with Crippen molar-refractivity contribution in [2.24, 2.45) is 12.8 Å². The first-order valence-corrected chi connectivity index (χ1v) is 4.53. The third-order valence-electron chi connectivity index (χ3n) is 2.61. The van der Waals surface area contributed by atoms with Gasteiger partial charge in [0.05, 0.1) is 6.42 Å². The van der Waals surface area contributed by atoms with Crippen molar-refractivity contribution >= 4 is 5.97 Å². The highest BCUT2D eigenvalue weighted by Crippen LogP contribution is 2.21. The lowest BCUT2D eigenvalue weighted by atomic mass is 10.1. The van der Waals surface area contributed by atoms with Crippen molar-refractivity contribution in [2.75, 3.05) is 0 Å². The van der Waals surface area contributed by atoms with Gasteiger partial charge in [-0.1, -0.05) is 0 Å². The molecule has 78 valence electrons. The molecule has 0 saturated carbocycles. The number of hydrogen-bond acceptors (Lipinski definition) is 2. The summed E-state index contributed by atoms with van der Waals surface area (Å²) in [6, 6.07) is 1.54. The second kappa shape index (κ2) is 3.84. The number of carboxylic acids is 1. The van der Waals surface area contributed by atoms with Gasteiger partial charge in [0.2, 0.25) is 0 Å². The number of nitrogens with two attached hydrogens (primary N) is 1. The van der Waals surface area contributed by atoms with Crippen LogP contribution in [0.15, 0.2) is 6.07 Å². The van der Waals surface area contributed by atoms with Gasteiger partial charge in [0, 0.05) is 24.5 Å². The van der Waals surface area contributed by atoms with Crippen LogP contribution in [0.25, 0.3) is 0 Å². The molecule has 1 heterocycles. The van der Waals surface area contributed by atoms with Crippen LogP contribution in [0.2, 0.25) is 0 Å². The van der Waals surface area contributed by atoms with Gasteiger partial charge < -0.3 is 15.4 Å². The van der Waals surface area contributed by atoms with Crippen LogP contribution in [0.5, 0.6) is 0 Å². The number of hydrogen-bond donors (Lipinski definition) is 2. The minimum absolute atomic E-state index is 0.0235. The van der Waals surface area contributed by atoms with E-state index in [4.69, 9.17) is 10.8 Å². The maximum Gasteiger partial charge on any atom is 0.305 e. The van der Waals surface area contributed by atoms with E-state index in [1.165, 1.54) is 0 Å². The van der Waals surface area contributed by atoms with E-state index in [0.717, 1.165) is 17.0 Å². The lowest BCUT2D eigenvalue weighted by Gasteiger charge is -2.08. The maximum absolute atomic E-state index is 10.5. The zero-order valence-electron chi connectivity index (χ0n) is 8.74. The fourth-order valence-electron chi connectivity index (χ4n) is 1.56. The van der Waals surface area contributed by atoms with Gasteiger partial charge in [-0.05, 0) is 25.5 Å². The van der Waals surface area contributed by atoms with Gasteiger partial charge >= 0.3 is 5.97 Å². The van der Waals surface area contributed by atoms with E-state index in [9.17, 15) is 4.79 Å². The fraction of sp³-hybridized carbons (Fsp3) is 0.500. The molecule has 1 aromatic heterocycles. The van der Waals surface area contributed by atoms with Crippen molar-refractivity contribution < 1.29 is 9.90 Å². The summed E-state index contributed by atoms with van der Waals surface area (Å²) < 4.78 is 2.01. The first-order chi connectivity index (χ1) is 6.43. The van der Waals surface area contributed by atoms with E-state index in [1.807, 2.05) is 31.5 Å². The van der Waals surface area contributed by atoms with Crippen LogP contribution in [-0.2, 0) is 11.8 Å². The SMILES string of the molecule is Cc1cc(C(N)CC(=O)O)c(C)n1C. The number of aromatic nitrogens is 1. The standard InChI is InChI=1S/C10H16N2O2/c1-6-4-8(7(2)12(6)3)9(11)5-10(13)14/h4,9H,5,11H2,1-3H3,(H,13,14). The van der Waals surface area contributed by atoms with Gasteiger partial charge in [-0.25, -0.2) is 0 Å². The summed E-state index contributed by atoms with van der Waals surface area (Å²) in [5, 5.41) is 8.63. The van der Waals surface area contributed by atoms with E-state index >= 15 is 0 Å². The molecule has 0 aliphatic heterocycles. The zero-order chi connectivity index (χ0) is 10.9. The Morgan fingerprint density at radius 1 is 1.64 bits per heavy atom. The normalized spacial score (nSPS) is 12.9. The monoisotopic (exact) mass is 196 g/mol. The Morgan fingerprint density at radius 2 is 2.21 bits per heavy atom. The molecule has 0 fully saturated rings. The quantitative estimate of drug-likeness (QED) is 0.761. The highest BCUT2D eigenvalue weighted by molar-refractivity contribution is 5.68. The molecular weight excluding hydrogens is 180 g/mol. The minimum atomic E-state index is -0.863. The van der Waals surface area contributed by atoms with Gasteiger partial charge in [0.25, 0.3) is 0 Å². The van der Waals surface area contributed by atoms with Crippen molar-refractivity contribution in [1.82, 2.24) is 4.57 Å². The lowest BCUT2D eigenvalue weighted by Crippen LogP contribution is -2.15. The highest BCUT2D eigenvalue weighted by atomic mass is 16.4. The first kappa shape index (κ1) is 10.8. The molecule has 14 heavy (non-hydrogen) atoms. The van der Waals surface area contributed by atoms with Gasteiger partial charge in [-0.15, -0.1) is 0 Å². The molecule has 1 atom stereocenters. The molecule has 1 rings (SSSR count). The summed E-state index contributed by atoms with van der Waals surface area (Å²) in [5.41, 5.74) is 8.84. The number of aliphatic carboxylic acids is 1. The number of carboxylic acid groups (broad SMARTS) is 1. The van der Waals surface area contributed by atoms with Gasteiger partial charge in [-0.2, -0.15) is 0 Å². The van der Waals surface area contributed by atoms with Crippen LogP contribution < -0.4 is 5.73 Å². The van der Waals surface area contributed by atoms with Crippen LogP contribution in [-0.4, -0.2) is 15.6 Å². The predicted molar refractivity (Wildman–Crippen MR) is 54.1 cm³/mol. The smallest absolute Gasteiger partial charge is 0.305 e. The van der Waals surface area contributed by atoms with Crippen LogP contribution in [0.3, 0.4) is 0 Å². The zero-order valence-corrected chi connectivity index (χ0v) is 8.74. The number of carbonyl (C=O) groups is 1. The van der Waals surface area contributed by atoms with E-state index in [-0.39, 0.29) is 6.42 Å². The molecule has 1 aromatic rings. The molecule has 0 bridgehead atoms. The molecule has 0 aliphatic rings. The van der Waals surface area contributed by atoms with Crippen molar-refractivity contribution in [1.29, 1.82) is 0 Å². The second-order valence-electron chi connectivity index (χ2n) is 3.59. The molecule has 0 spiro atoms. The average Bonchev–Trinajstić information content (AvgIpc) is 2.32. The number of aryl methyl sites for hydroxylation is 1. The number of rotatable bonds is 3. The Labute approximate surface area is 83.3 Å². The Kier molecular flexibility index (Phi) is 2.96. The summed E-state index contributed by atoms with van der Waals surface area (Å²) in [7, 11) is 1.95. The molecule has 0 aromatic carbocycles. The molecule has 0 amide bonds. The van der Waals surface area contributed by atoms with Crippen LogP contribution in [0, 0.1) is 13.8 Å². The predicted octanol–water partition coefficient (Wildman–Crippen LogP) is 1.12. The molecular formula is C10H16N2O2. The third-order valence-corrected chi connectivity index (χ3v) is 2.61. The Balaban J connectivity index is 2.95. The van der Waals surface area contributed by atoms with Crippen molar-refractivity contribution in [3.05, 3.63) is 23.0 Å². The molecule has 3 N–H and O–H groups in total. The van der Waals surface area contributed by atoms with E-state index < -0.39 is 12.0 Å². The Hall–Kier alpha value is -1.29. The molecule has 0 radical (unpaired) electrons. The van der Waals surface area contributed by atoms with E-state index in [2.05, 4.69) is 0 Å². The van der Waals surface area contributed by atoms with Crippen molar-refractivity contribution in [3.8, 4) is 0 Å². The largest absolute Gasteiger partial charge is 0.481 e. The van der Waals surface area contributed by atoms with Gasteiger partial charge in [0.15, 0.2) is 0 Å². The summed E-state index contributed by atoms with van der Waals surface area (Å²) >= 11 is 0. The summed E-state index contributed by atoms with van der Waals surface area (Å²) in [6.07, 6.45) is -0.0235. The van der Waals surface area contributed by atoms with Gasteiger partial charge in [0.1, 0.15) is 0 Å². The van der Waals surface area contributed by atoms with Crippen LogP contribution in [0.1, 0.15) is 29.4 Å². The molecule has 0 saturated heterocycles. The topological polar surface area (TPSA) is 68.2 Å². The maximum atomic E-state index is 10.5. The van der Waals surface area contributed by atoms with Crippen LogP contribution >= 0.6 is 0 Å². The molecule has 4 heteroatoms. The summed E-state index contributed by atoms with van der Waals surface area (Å²) in [5.74, 6) is -0.863. The third kappa shape index (κ3) is 1.96. The highest BCUT2D eigenvalue weighted by Gasteiger charge is 2.15. The van der Waals surface area contributed by atoms with Crippen molar-refractivity contribution in [3.63, 3.8) is 0 Å². The van der Waals surface area contributed by atoms with E-state index in [0.29, 0.717) is 0 Å². The summed E-state index contributed by atoms with van der Waals surface area (Å²) in [4.78, 5) is 10.5.